The quantitative estimate of drug-likeness (QED) is 0.533. The molecule has 0 unspecified atom stereocenters. The minimum atomic E-state index is -0.241. The molecule has 0 aliphatic carbocycles. The number of rotatable bonds is 1. The maximum atomic E-state index is 9.92. The third kappa shape index (κ3) is 6.09. The molecule has 0 aromatic carbocycles. The number of hydrogen-bond donors (Lipinski definition) is 1. The summed E-state index contributed by atoms with van der Waals surface area (Å²) in [5.74, 6) is -0.250. The summed E-state index contributed by atoms with van der Waals surface area (Å²) >= 11 is 0. The van der Waals surface area contributed by atoms with Crippen molar-refractivity contribution in [1.29, 1.82) is 0 Å². The molecule has 0 aliphatic rings. The summed E-state index contributed by atoms with van der Waals surface area (Å²) in [6, 6.07) is 0. The summed E-state index contributed by atoms with van der Waals surface area (Å²) in [5.41, 5.74) is 4.80. The Bertz CT molecular complexity index is 62.7. The van der Waals surface area contributed by atoms with Gasteiger partial charge in [-0.2, -0.15) is 0 Å². The maximum Gasteiger partial charge on any atom is 0.219 e. The van der Waals surface area contributed by atoms with Crippen LogP contribution in [0.5, 0.6) is 0 Å². The number of amides is 1. The normalized spacial score (nSPS) is 7.86. The van der Waals surface area contributed by atoms with Crippen LogP contribution < -0.4 is 5.73 Å². The molecule has 2 nitrogen and oxygen atoms in total. The molecule has 3 heteroatoms. The number of carbonyl (C=O) groups is 1. The summed E-state index contributed by atoms with van der Waals surface area (Å²) < 4.78 is 0. The molecule has 7 heavy (non-hydrogen) atoms. The molecule has 0 saturated heterocycles. The van der Waals surface area contributed by atoms with Gasteiger partial charge < -0.3 is 5.73 Å². The zero-order valence-corrected chi connectivity index (χ0v) is 7.74. The molecule has 0 saturated carbocycles. The SMILES string of the molecule is CC(C)C(N)=O.[Zn]. The summed E-state index contributed by atoms with van der Waals surface area (Å²) in [6.45, 7) is 3.53. The Kier molecular flexibility index (Phi) is 6.17. The molecule has 0 aromatic rings. The molecule has 0 heterocycles. The van der Waals surface area contributed by atoms with E-state index in [1.54, 1.807) is 13.8 Å². The van der Waals surface area contributed by atoms with E-state index >= 15 is 0 Å². The average molecular weight is 153 g/mol. The van der Waals surface area contributed by atoms with Crippen LogP contribution in [0.1, 0.15) is 13.8 Å². The summed E-state index contributed by atoms with van der Waals surface area (Å²) in [4.78, 5) is 9.92. The number of carbonyl (C=O) groups excluding carboxylic acids is 1. The number of primary amides is 1. The molecule has 0 atom stereocenters. The zero-order valence-electron chi connectivity index (χ0n) is 4.77. The van der Waals surface area contributed by atoms with Crippen molar-refractivity contribution in [3.63, 3.8) is 0 Å². The van der Waals surface area contributed by atoms with Gasteiger partial charge in [0.05, 0.1) is 0 Å². The second-order valence-electron chi connectivity index (χ2n) is 1.56. The fourth-order valence-corrected chi connectivity index (χ4v) is 0. The van der Waals surface area contributed by atoms with Gasteiger partial charge in [-0.3, -0.25) is 4.79 Å². The molecule has 0 spiro atoms. The first-order chi connectivity index (χ1) is 2.64. The van der Waals surface area contributed by atoms with Crippen LogP contribution in [-0.4, -0.2) is 5.91 Å². The van der Waals surface area contributed by atoms with Crippen LogP contribution in [0, 0.1) is 5.92 Å². The molecule has 2 N–H and O–H groups in total. The third-order valence-electron chi connectivity index (χ3n) is 0.569. The van der Waals surface area contributed by atoms with Gasteiger partial charge in [-0.05, 0) is 0 Å². The van der Waals surface area contributed by atoms with E-state index in [2.05, 4.69) is 0 Å². The molecule has 38 valence electrons. The molecule has 0 bridgehead atoms. The van der Waals surface area contributed by atoms with Gasteiger partial charge >= 0.3 is 0 Å². The van der Waals surface area contributed by atoms with E-state index in [0.29, 0.717) is 0 Å². The van der Waals surface area contributed by atoms with Crippen molar-refractivity contribution in [1.82, 2.24) is 0 Å². The fourth-order valence-electron chi connectivity index (χ4n) is 0. The van der Waals surface area contributed by atoms with Crippen LogP contribution >= 0.6 is 0 Å². The van der Waals surface area contributed by atoms with Crippen molar-refractivity contribution in [2.24, 2.45) is 11.7 Å². The Hall–Kier alpha value is 0.0934. The Morgan fingerprint density at radius 2 is 1.71 bits per heavy atom. The second kappa shape index (κ2) is 4.26. The summed E-state index contributed by atoms with van der Waals surface area (Å²) in [6.07, 6.45) is 0. The molecule has 0 aromatic heterocycles. The number of nitrogens with two attached hydrogens (primary N) is 1. The van der Waals surface area contributed by atoms with E-state index in [-0.39, 0.29) is 31.3 Å². The predicted octanol–water partition coefficient (Wildman–Crippen LogP) is 0.125. The van der Waals surface area contributed by atoms with E-state index in [1.165, 1.54) is 0 Å². The van der Waals surface area contributed by atoms with Crippen molar-refractivity contribution < 1.29 is 24.3 Å². The molecular weight excluding hydrogens is 143 g/mol. The Labute approximate surface area is 56.2 Å². The van der Waals surface area contributed by atoms with Gasteiger partial charge in [-0.25, -0.2) is 0 Å². The zero-order chi connectivity index (χ0) is 5.15. The van der Waals surface area contributed by atoms with Crippen LogP contribution in [-0.2, 0) is 24.3 Å². The van der Waals surface area contributed by atoms with Crippen LogP contribution in [0.4, 0.5) is 0 Å². The Morgan fingerprint density at radius 3 is 1.71 bits per heavy atom. The molecule has 0 rings (SSSR count). The van der Waals surface area contributed by atoms with Crippen molar-refractivity contribution in [2.75, 3.05) is 0 Å². The van der Waals surface area contributed by atoms with Gasteiger partial charge in [-0.1, -0.05) is 13.8 Å². The van der Waals surface area contributed by atoms with Gasteiger partial charge in [0.25, 0.3) is 0 Å². The van der Waals surface area contributed by atoms with Gasteiger partial charge in [-0.15, -0.1) is 0 Å². The van der Waals surface area contributed by atoms with E-state index in [0.717, 1.165) is 0 Å². The van der Waals surface area contributed by atoms with Crippen molar-refractivity contribution >= 4 is 5.91 Å². The monoisotopic (exact) mass is 151 g/mol. The fraction of sp³-hybridized carbons (Fsp3) is 0.750. The van der Waals surface area contributed by atoms with Crippen LogP contribution in [0.25, 0.3) is 0 Å². The predicted molar refractivity (Wildman–Crippen MR) is 24.0 cm³/mol. The summed E-state index contributed by atoms with van der Waals surface area (Å²) in [7, 11) is 0. The average Bonchev–Trinajstić information content (AvgIpc) is 1.36. The Balaban J connectivity index is 0. The van der Waals surface area contributed by atoms with Gasteiger partial charge in [0.2, 0.25) is 5.91 Å². The van der Waals surface area contributed by atoms with Crippen molar-refractivity contribution in [3.05, 3.63) is 0 Å². The third-order valence-corrected chi connectivity index (χ3v) is 0.569. The minimum Gasteiger partial charge on any atom is -0.369 e. The Morgan fingerprint density at radius 1 is 1.57 bits per heavy atom. The minimum absolute atomic E-state index is 0. The van der Waals surface area contributed by atoms with Crippen LogP contribution in [0.3, 0.4) is 0 Å². The van der Waals surface area contributed by atoms with Crippen molar-refractivity contribution in [2.45, 2.75) is 13.8 Å². The topological polar surface area (TPSA) is 43.1 Å². The van der Waals surface area contributed by atoms with Gasteiger partial charge in [0.15, 0.2) is 0 Å². The number of hydrogen-bond acceptors (Lipinski definition) is 1. The first-order valence-corrected chi connectivity index (χ1v) is 1.94. The van der Waals surface area contributed by atoms with E-state index < -0.39 is 0 Å². The van der Waals surface area contributed by atoms with Gasteiger partial charge in [0, 0.05) is 25.4 Å². The molecule has 0 radical (unpaired) electrons. The molecule has 1 amide bonds. The van der Waals surface area contributed by atoms with E-state index in [9.17, 15) is 4.79 Å². The van der Waals surface area contributed by atoms with E-state index in [4.69, 9.17) is 5.73 Å². The second-order valence-corrected chi connectivity index (χ2v) is 1.56. The summed E-state index contributed by atoms with van der Waals surface area (Å²) in [5, 5.41) is 0. The van der Waals surface area contributed by atoms with Crippen LogP contribution in [0.15, 0.2) is 0 Å². The first-order valence-electron chi connectivity index (χ1n) is 1.94. The van der Waals surface area contributed by atoms with Gasteiger partial charge in [0.1, 0.15) is 0 Å². The first kappa shape index (κ1) is 10.2. The van der Waals surface area contributed by atoms with E-state index in [1.807, 2.05) is 0 Å². The molecule has 0 aliphatic heterocycles. The standard InChI is InChI=1S/C4H9NO.Zn/c1-3(2)4(5)6;/h3H,1-2H3,(H2,5,6);. The van der Waals surface area contributed by atoms with Crippen LogP contribution in [0.2, 0.25) is 0 Å². The maximum absolute atomic E-state index is 9.92. The molecule has 0 fully saturated rings. The smallest absolute Gasteiger partial charge is 0.219 e. The molecular formula is C4H9NOZn. The largest absolute Gasteiger partial charge is 0.369 e. The van der Waals surface area contributed by atoms with Crippen molar-refractivity contribution in [3.8, 4) is 0 Å².